The van der Waals surface area contributed by atoms with E-state index >= 15 is 0 Å². The molecule has 2 aromatic rings. The third-order valence-electron chi connectivity index (χ3n) is 4.57. The van der Waals surface area contributed by atoms with Crippen LogP contribution < -0.4 is 5.32 Å². The van der Waals surface area contributed by atoms with Crippen molar-refractivity contribution >= 4 is 40.0 Å². The van der Waals surface area contributed by atoms with Crippen LogP contribution >= 0.6 is 23.1 Å². The Kier molecular flexibility index (Phi) is 6.04. The highest BCUT2D eigenvalue weighted by atomic mass is 32.2. The average molecular weight is 390 g/mol. The number of hydrogen-bond donors (Lipinski definition) is 1. The topological polar surface area (TPSA) is 55.4 Å². The van der Waals surface area contributed by atoms with Crippen molar-refractivity contribution in [2.75, 3.05) is 18.2 Å². The number of thiophene rings is 1. The molecule has 0 bridgehead atoms. The predicted molar refractivity (Wildman–Crippen MR) is 108 cm³/mol. The Morgan fingerprint density at radius 1 is 1.31 bits per heavy atom. The SMILES string of the molecule is CCOC(=O)c1c(NC(=O)c2ccc(SC)cc2)sc2c1CCC(C)C2. The van der Waals surface area contributed by atoms with Crippen LogP contribution in [-0.4, -0.2) is 24.7 Å². The second kappa shape index (κ2) is 8.27. The van der Waals surface area contributed by atoms with Gasteiger partial charge < -0.3 is 10.1 Å². The number of benzene rings is 1. The van der Waals surface area contributed by atoms with Gasteiger partial charge in [0.05, 0.1) is 12.2 Å². The van der Waals surface area contributed by atoms with E-state index in [-0.39, 0.29) is 11.9 Å². The molecule has 1 aliphatic carbocycles. The number of rotatable bonds is 5. The molecule has 0 saturated carbocycles. The minimum Gasteiger partial charge on any atom is -0.462 e. The molecule has 1 atom stereocenters. The molecule has 1 N–H and O–H groups in total. The predicted octanol–water partition coefficient (Wildman–Crippen LogP) is 5.02. The molecule has 1 aliphatic rings. The fraction of sp³-hybridized carbons (Fsp3) is 0.400. The molecule has 0 spiro atoms. The monoisotopic (exact) mass is 389 g/mol. The summed E-state index contributed by atoms with van der Waals surface area (Å²) in [6.07, 6.45) is 4.86. The molecule has 1 heterocycles. The van der Waals surface area contributed by atoms with Crippen molar-refractivity contribution in [3.05, 3.63) is 45.8 Å². The van der Waals surface area contributed by atoms with Crippen molar-refractivity contribution in [2.45, 2.75) is 38.0 Å². The molecule has 4 nitrogen and oxygen atoms in total. The van der Waals surface area contributed by atoms with Gasteiger partial charge in [-0.25, -0.2) is 4.79 Å². The third-order valence-corrected chi connectivity index (χ3v) is 6.48. The molecule has 1 amide bonds. The summed E-state index contributed by atoms with van der Waals surface area (Å²) in [6.45, 7) is 4.34. The first-order valence-electron chi connectivity index (χ1n) is 8.80. The van der Waals surface area contributed by atoms with Gasteiger partial charge in [0.1, 0.15) is 5.00 Å². The lowest BCUT2D eigenvalue weighted by atomic mass is 9.88. The Morgan fingerprint density at radius 2 is 2.04 bits per heavy atom. The first-order chi connectivity index (χ1) is 12.5. The van der Waals surface area contributed by atoms with E-state index in [9.17, 15) is 9.59 Å². The van der Waals surface area contributed by atoms with Crippen LogP contribution in [0.2, 0.25) is 0 Å². The van der Waals surface area contributed by atoms with Crippen molar-refractivity contribution in [3.63, 3.8) is 0 Å². The Labute approximate surface area is 162 Å². The fourth-order valence-electron chi connectivity index (χ4n) is 3.18. The van der Waals surface area contributed by atoms with E-state index in [1.807, 2.05) is 18.4 Å². The van der Waals surface area contributed by atoms with Gasteiger partial charge in [0.2, 0.25) is 0 Å². The highest BCUT2D eigenvalue weighted by molar-refractivity contribution is 7.98. The van der Waals surface area contributed by atoms with Crippen LogP contribution in [0.3, 0.4) is 0 Å². The summed E-state index contributed by atoms with van der Waals surface area (Å²) >= 11 is 3.15. The number of nitrogens with one attached hydrogen (secondary N) is 1. The van der Waals surface area contributed by atoms with Crippen LogP contribution in [0.15, 0.2) is 29.2 Å². The fourth-order valence-corrected chi connectivity index (χ4v) is 4.98. The molecule has 0 radical (unpaired) electrons. The van der Waals surface area contributed by atoms with Crippen molar-refractivity contribution in [1.29, 1.82) is 0 Å². The molecule has 26 heavy (non-hydrogen) atoms. The number of carbonyl (C=O) groups excluding carboxylic acids is 2. The molecule has 3 rings (SSSR count). The van der Waals surface area contributed by atoms with E-state index in [1.165, 1.54) is 16.2 Å². The van der Waals surface area contributed by atoms with Crippen LogP contribution in [0.5, 0.6) is 0 Å². The summed E-state index contributed by atoms with van der Waals surface area (Å²) in [5.41, 5.74) is 2.18. The lowest BCUT2D eigenvalue weighted by Gasteiger charge is -2.18. The molecule has 1 unspecified atom stereocenters. The number of anilines is 1. The summed E-state index contributed by atoms with van der Waals surface area (Å²) in [6, 6.07) is 7.46. The van der Waals surface area contributed by atoms with Gasteiger partial charge in [-0.1, -0.05) is 6.92 Å². The second-order valence-electron chi connectivity index (χ2n) is 6.46. The summed E-state index contributed by atoms with van der Waals surface area (Å²) < 4.78 is 5.25. The average Bonchev–Trinajstić information content (AvgIpc) is 2.98. The zero-order chi connectivity index (χ0) is 18.7. The highest BCUT2D eigenvalue weighted by Crippen LogP contribution is 2.40. The van der Waals surface area contributed by atoms with Crippen molar-refractivity contribution in [2.24, 2.45) is 5.92 Å². The molecule has 138 valence electrons. The quantitative estimate of drug-likeness (QED) is 0.576. The summed E-state index contributed by atoms with van der Waals surface area (Å²) in [4.78, 5) is 27.5. The van der Waals surface area contributed by atoms with E-state index in [0.29, 0.717) is 28.7 Å². The van der Waals surface area contributed by atoms with Gasteiger partial charge in [-0.05, 0) is 68.2 Å². The lowest BCUT2D eigenvalue weighted by molar-refractivity contribution is 0.0526. The van der Waals surface area contributed by atoms with Gasteiger partial charge in [0.25, 0.3) is 5.91 Å². The molecule has 1 aromatic heterocycles. The zero-order valence-corrected chi connectivity index (χ0v) is 16.9. The van der Waals surface area contributed by atoms with Crippen molar-refractivity contribution in [3.8, 4) is 0 Å². The summed E-state index contributed by atoms with van der Waals surface area (Å²) in [5, 5.41) is 3.56. The van der Waals surface area contributed by atoms with E-state index in [2.05, 4.69) is 12.2 Å². The largest absolute Gasteiger partial charge is 0.462 e. The standard InChI is InChI=1S/C20H23NO3S2/c1-4-24-20(23)17-15-10-5-12(2)11-16(15)26-19(17)21-18(22)13-6-8-14(25-3)9-7-13/h6-9,12H,4-5,10-11H2,1-3H3,(H,21,22). The maximum Gasteiger partial charge on any atom is 0.341 e. The Bertz CT molecular complexity index is 811. The molecule has 0 saturated heterocycles. The van der Waals surface area contributed by atoms with Crippen molar-refractivity contribution in [1.82, 2.24) is 0 Å². The molecule has 0 aliphatic heterocycles. The van der Waals surface area contributed by atoms with Crippen LogP contribution in [-0.2, 0) is 17.6 Å². The van der Waals surface area contributed by atoms with Gasteiger partial charge in [0, 0.05) is 15.3 Å². The van der Waals surface area contributed by atoms with Gasteiger partial charge >= 0.3 is 5.97 Å². The van der Waals surface area contributed by atoms with E-state index in [4.69, 9.17) is 4.74 Å². The smallest absolute Gasteiger partial charge is 0.341 e. The maximum absolute atomic E-state index is 12.7. The minimum atomic E-state index is -0.340. The van der Waals surface area contributed by atoms with Gasteiger partial charge in [-0.3, -0.25) is 4.79 Å². The van der Waals surface area contributed by atoms with Crippen LogP contribution in [0.1, 0.15) is 51.4 Å². The highest BCUT2D eigenvalue weighted by Gasteiger charge is 2.29. The zero-order valence-electron chi connectivity index (χ0n) is 15.3. The maximum atomic E-state index is 12.7. The minimum absolute atomic E-state index is 0.199. The summed E-state index contributed by atoms with van der Waals surface area (Å²) in [7, 11) is 0. The third kappa shape index (κ3) is 3.96. The van der Waals surface area contributed by atoms with Crippen molar-refractivity contribution < 1.29 is 14.3 Å². The first-order valence-corrected chi connectivity index (χ1v) is 10.8. The Morgan fingerprint density at radius 3 is 2.69 bits per heavy atom. The molecule has 1 aromatic carbocycles. The number of amides is 1. The summed E-state index contributed by atoms with van der Waals surface area (Å²) in [5.74, 6) is 0.0567. The van der Waals surface area contributed by atoms with E-state index < -0.39 is 0 Å². The van der Waals surface area contributed by atoms with Gasteiger partial charge in [0.15, 0.2) is 0 Å². The number of esters is 1. The Hall–Kier alpha value is -1.79. The molecule has 0 fully saturated rings. The molecular formula is C20H23NO3S2. The van der Waals surface area contributed by atoms with E-state index in [1.54, 1.807) is 30.8 Å². The molecule has 6 heteroatoms. The second-order valence-corrected chi connectivity index (χ2v) is 8.44. The lowest BCUT2D eigenvalue weighted by Crippen LogP contribution is -2.16. The normalized spacial score (nSPS) is 16.0. The first kappa shape index (κ1) is 19.0. The number of fused-ring (bicyclic) bond motifs is 1. The van der Waals surface area contributed by atoms with Gasteiger partial charge in [-0.2, -0.15) is 0 Å². The van der Waals surface area contributed by atoms with Crippen LogP contribution in [0, 0.1) is 5.92 Å². The van der Waals surface area contributed by atoms with Gasteiger partial charge in [-0.15, -0.1) is 23.1 Å². The van der Waals surface area contributed by atoms with Crippen LogP contribution in [0.25, 0.3) is 0 Å². The number of ether oxygens (including phenoxy) is 1. The Balaban J connectivity index is 1.90. The number of thioether (sulfide) groups is 1. The number of hydrogen-bond acceptors (Lipinski definition) is 5. The van der Waals surface area contributed by atoms with E-state index in [0.717, 1.165) is 29.7 Å². The number of carbonyl (C=O) groups is 2. The van der Waals surface area contributed by atoms with Crippen LogP contribution in [0.4, 0.5) is 5.00 Å². The molecular weight excluding hydrogens is 366 g/mol.